The van der Waals surface area contributed by atoms with E-state index in [4.69, 9.17) is 5.73 Å². The van der Waals surface area contributed by atoms with Gasteiger partial charge in [0.15, 0.2) is 0 Å². The molecule has 4 heteroatoms. The predicted octanol–water partition coefficient (Wildman–Crippen LogP) is 1.96. The van der Waals surface area contributed by atoms with Crippen LogP contribution >= 0.6 is 0 Å². The Labute approximate surface area is 92.6 Å². The topological polar surface area (TPSA) is 51.3 Å². The molecule has 0 radical (unpaired) electrons. The summed E-state index contributed by atoms with van der Waals surface area (Å²) in [7, 11) is 0. The number of rotatable bonds is 0. The Morgan fingerprint density at radius 1 is 1.25 bits per heavy atom. The summed E-state index contributed by atoms with van der Waals surface area (Å²) in [4.78, 5) is 12.7. The zero-order valence-corrected chi connectivity index (χ0v) is 8.63. The average molecular weight is 213 g/mol. The van der Waals surface area contributed by atoms with E-state index in [1.807, 2.05) is 29.1 Å². The minimum atomic E-state index is -0.431. The fourth-order valence-corrected chi connectivity index (χ4v) is 2.09. The van der Waals surface area contributed by atoms with E-state index in [0.717, 1.165) is 11.1 Å². The van der Waals surface area contributed by atoms with Gasteiger partial charge in [-0.25, -0.2) is 4.79 Å². The number of benzene rings is 1. The number of aromatic nitrogens is 1. The fraction of sp³-hybridized carbons (Fsp3) is 0.0833. The highest BCUT2D eigenvalue weighted by atomic mass is 16.2. The normalized spacial score (nSPS) is 14.1. The van der Waals surface area contributed by atoms with Crippen molar-refractivity contribution in [2.45, 2.75) is 6.54 Å². The van der Waals surface area contributed by atoms with Crippen molar-refractivity contribution < 1.29 is 4.79 Å². The molecule has 2 heterocycles. The molecule has 0 bridgehead atoms. The van der Waals surface area contributed by atoms with Gasteiger partial charge in [0.25, 0.3) is 0 Å². The van der Waals surface area contributed by atoms with Crippen LogP contribution in [0.4, 0.5) is 4.79 Å². The summed E-state index contributed by atoms with van der Waals surface area (Å²) in [6, 6.07) is 7.69. The van der Waals surface area contributed by atoms with Gasteiger partial charge in [-0.3, -0.25) is 4.90 Å². The molecular weight excluding hydrogens is 202 g/mol. The van der Waals surface area contributed by atoms with Gasteiger partial charge in [0.2, 0.25) is 0 Å². The van der Waals surface area contributed by atoms with Crippen LogP contribution in [-0.4, -0.2) is 15.5 Å². The predicted molar refractivity (Wildman–Crippen MR) is 62.4 cm³/mol. The third-order valence-corrected chi connectivity index (χ3v) is 2.85. The van der Waals surface area contributed by atoms with Crippen LogP contribution in [0.5, 0.6) is 0 Å². The number of nitrogens with two attached hydrogens (primary N) is 1. The van der Waals surface area contributed by atoms with Gasteiger partial charge in [-0.15, -0.1) is 0 Å². The molecular formula is C12H11N3O. The number of urea groups is 1. The standard InChI is InChI=1S/C12H11N3O/c13-12(16)15-7-6-14-5-4-9-2-1-3-10(8-15)11(9)14/h1-7H,8H2,(H2,13,16). The molecule has 3 rings (SSSR count). The van der Waals surface area contributed by atoms with Crippen molar-refractivity contribution >= 4 is 23.1 Å². The summed E-state index contributed by atoms with van der Waals surface area (Å²) in [5.41, 5.74) is 7.54. The minimum Gasteiger partial charge on any atom is -0.351 e. The average Bonchev–Trinajstić information content (AvgIpc) is 2.57. The molecule has 0 unspecified atom stereocenters. The second-order valence-corrected chi connectivity index (χ2v) is 3.84. The third-order valence-electron chi connectivity index (χ3n) is 2.85. The summed E-state index contributed by atoms with van der Waals surface area (Å²) in [6.07, 6.45) is 5.54. The maximum absolute atomic E-state index is 11.2. The maximum atomic E-state index is 11.2. The van der Waals surface area contributed by atoms with Gasteiger partial charge in [-0.1, -0.05) is 18.2 Å². The van der Waals surface area contributed by atoms with E-state index < -0.39 is 6.03 Å². The lowest BCUT2D eigenvalue weighted by atomic mass is 10.1. The summed E-state index contributed by atoms with van der Waals surface area (Å²) in [5, 5.41) is 1.17. The van der Waals surface area contributed by atoms with Crippen LogP contribution in [0.3, 0.4) is 0 Å². The van der Waals surface area contributed by atoms with E-state index in [2.05, 4.69) is 12.1 Å². The summed E-state index contributed by atoms with van der Waals surface area (Å²) in [6.45, 7) is 0.521. The molecule has 16 heavy (non-hydrogen) atoms. The van der Waals surface area contributed by atoms with Gasteiger partial charge in [-0.2, -0.15) is 0 Å². The summed E-state index contributed by atoms with van der Waals surface area (Å²) >= 11 is 0. The Kier molecular flexibility index (Phi) is 1.77. The fourth-order valence-electron chi connectivity index (χ4n) is 2.09. The van der Waals surface area contributed by atoms with E-state index >= 15 is 0 Å². The summed E-state index contributed by atoms with van der Waals surface area (Å²) < 4.78 is 2.01. The molecule has 2 N–H and O–H groups in total. The molecule has 1 aromatic carbocycles. The lowest BCUT2D eigenvalue weighted by Crippen LogP contribution is -2.30. The number of carbonyl (C=O) groups is 1. The van der Waals surface area contributed by atoms with Gasteiger partial charge in [0, 0.05) is 24.0 Å². The van der Waals surface area contributed by atoms with Crippen LogP contribution < -0.4 is 5.73 Å². The number of amides is 2. The summed E-state index contributed by atoms with van der Waals surface area (Å²) in [5.74, 6) is 0. The number of primary amides is 1. The first-order valence-electron chi connectivity index (χ1n) is 5.08. The lowest BCUT2D eigenvalue weighted by molar-refractivity contribution is 0.223. The van der Waals surface area contributed by atoms with Crippen LogP contribution in [0.1, 0.15) is 5.56 Å². The molecule has 2 aromatic rings. The minimum absolute atomic E-state index is 0.431. The number of para-hydroxylation sites is 1. The highest BCUT2D eigenvalue weighted by molar-refractivity contribution is 5.86. The van der Waals surface area contributed by atoms with E-state index in [9.17, 15) is 4.79 Å². The number of carbonyl (C=O) groups excluding carboxylic acids is 1. The second kappa shape index (κ2) is 3.13. The van der Waals surface area contributed by atoms with Crippen molar-refractivity contribution in [1.29, 1.82) is 0 Å². The van der Waals surface area contributed by atoms with E-state index in [1.165, 1.54) is 10.3 Å². The smallest absolute Gasteiger partial charge is 0.319 e. The van der Waals surface area contributed by atoms with Gasteiger partial charge in [0.05, 0.1) is 12.1 Å². The molecule has 0 atom stereocenters. The third kappa shape index (κ3) is 1.20. The Morgan fingerprint density at radius 3 is 2.94 bits per heavy atom. The highest BCUT2D eigenvalue weighted by Crippen LogP contribution is 2.24. The quantitative estimate of drug-likeness (QED) is 0.714. The molecule has 1 aromatic heterocycles. The highest BCUT2D eigenvalue weighted by Gasteiger charge is 2.14. The maximum Gasteiger partial charge on any atom is 0.319 e. The van der Waals surface area contributed by atoms with Gasteiger partial charge < -0.3 is 10.3 Å². The Bertz CT molecular complexity index is 597. The molecule has 1 aliphatic heterocycles. The molecule has 4 nitrogen and oxygen atoms in total. The first-order valence-corrected chi connectivity index (χ1v) is 5.08. The van der Waals surface area contributed by atoms with Crippen molar-refractivity contribution in [3.8, 4) is 0 Å². The first kappa shape index (κ1) is 9.03. The zero-order valence-electron chi connectivity index (χ0n) is 8.63. The van der Waals surface area contributed by atoms with E-state index in [0.29, 0.717) is 6.54 Å². The Balaban J connectivity index is 2.24. The van der Waals surface area contributed by atoms with E-state index in [-0.39, 0.29) is 0 Å². The molecule has 2 amide bonds. The largest absolute Gasteiger partial charge is 0.351 e. The van der Waals surface area contributed by atoms with Gasteiger partial charge in [-0.05, 0) is 11.6 Å². The monoisotopic (exact) mass is 213 g/mol. The van der Waals surface area contributed by atoms with Crippen molar-refractivity contribution in [2.75, 3.05) is 0 Å². The molecule has 0 saturated heterocycles. The number of nitrogens with zero attached hydrogens (tertiary/aromatic N) is 2. The molecule has 0 fully saturated rings. The van der Waals surface area contributed by atoms with Gasteiger partial charge in [0.1, 0.15) is 0 Å². The Morgan fingerprint density at radius 2 is 2.12 bits per heavy atom. The Hall–Kier alpha value is -2.23. The van der Waals surface area contributed by atoms with Crippen LogP contribution in [0.25, 0.3) is 17.1 Å². The molecule has 0 aliphatic carbocycles. The lowest BCUT2D eigenvalue weighted by Gasteiger charge is -2.13. The van der Waals surface area contributed by atoms with Crippen molar-refractivity contribution in [3.63, 3.8) is 0 Å². The molecule has 0 saturated carbocycles. The molecule has 80 valence electrons. The van der Waals surface area contributed by atoms with Crippen molar-refractivity contribution in [2.24, 2.45) is 5.73 Å². The van der Waals surface area contributed by atoms with Crippen LogP contribution in [-0.2, 0) is 6.54 Å². The van der Waals surface area contributed by atoms with E-state index in [1.54, 1.807) is 6.20 Å². The van der Waals surface area contributed by atoms with Crippen LogP contribution in [0.2, 0.25) is 0 Å². The number of hydrogen-bond donors (Lipinski definition) is 1. The van der Waals surface area contributed by atoms with Crippen LogP contribution in [0, 0.1) is 0 Å². The first-order chi connectivity index (χ1) is 7.75. The molecule has 0 spiro atoms. The second-order valence-electron chi connectivity index (χ2n) is 3.84. The molecule has 1 aliphatic rings. The van der Waals surface area contributed by atoms with Crippen molar-refractivity contribution in [1.82, 2.24) is 9.47 Å². The van der Waals surface area contributed by atoms with Gasteiger partial charge >= 0.3 is 6.03 Å². The zero-order chi connectivity index (χ0) is 11.1. The number of hydrogen-bond acceptors (Lipinski definition) is 1. The van der Waals surface area contributed by atoms with Crippen LogP contribution in [0.15, 0.2) is 36.7 Å². The SMILES string of the molecule is NC(=O)N1C=Cn2ccc3cccc(c32)C1. The van der Waals surface area contributed by atoms with Crippen molar-refractivity contribution in [3.05, 3.63) is 42.2 Å².